The van der Waals surface area contributed by atoms with E-state index in [0.29, 0.717) is 11.5 Å². The van der Waals surface area contributed by atoms with Crippen molar-refractivity contribution in [2.45, 2.75) is 44.0 Å². The molecule has 0 spiro atoms. The van der Waals surface area contributed by atoms with Crippen molar-refractivity contribution in [1.82, 2.24) is 9.88 Å². The third kappa shape index (κ3) is 2.61. The predicted octanol–water partition coefficient (Wildman–Crippen LogP) is 2.65. The molecule has 0 amide bonds. The molecule has 1 aromatic carbocycles. The molecule has 112 valence electrons. The van der Waals surface area contributed by atoms with Crippen molar-refractivity contribution in [3.05, 3.63) is 46.8 Å². The van der Waals surface area contributed by atoms with Gasteiger partial charge >= 0.3 is 0 Å². The number of aromatic nitrogens is 1. The van der Waals surface area contributed by atoms with Gasteiger partial charge in [-0.25, -0.2) is 13.1 Å². The van der Waals surface area contributed by atoms with Crippen molar-refractivity contribution in [2.75, 3.05) is 0 Å². The number of benzene rings is 1. The van der Waals surface area contributed by atoms with Crippen LogP contribution in [0.2, 0.25) is 0 Å². The molecule has 1 aromatic heterocycles. The van der Waals surface area contributed by atoms with Crippen LogP contribution in [0.3, 0.4) is 0 Å². The van der Waals surface area contributed by atoms with Crippen LogP contribution in [0.5, 0.6) is 0 Å². The van der Waals surface area contributed by atoms with E-state index >= 15 is 0 Å². The van der Waals surface area contributed by atoms with E-state index in [-0.39, 0.29) is 10.9 Å². The Bertz CT molecular complexity index is 745. The van der Waals surface area contributed by atoms with E-state index in [4.69, 9.17) is 4.52 Å². The first-order chi connectivity index (χ1) is 9.99. The SMILES string of the molecule is Cc1noc(C)c1S(=O)(=O)N[C@@H]1CCCc2ccccc21. The van der Waals surface area contributed by atoms with Crippen LogP contribution in [0.25, 0.3) is 0 Å². The topological polar surface area (TPSA) is 72.2 Å². The minimum absolute atomic E-state index is 0.158. The van der Waals surface area contributed by atoms with Crippen LogP contribution in [0, 0.1) is 13.8 Å². The molecule has 21 heavy (non-hydrogen) atoms. The number of hydrogen-bond acceptors (Lipinski definition) is 4. The number of rotatable bonds is 3. The smallest absolute Gasteiger partial charge is 0.246 e. The Labute approximate surface area is 124 Å². The fourth-order valence-corrected chi connectivity index (χ4v) is 4.56. The zero-order valence-corrected chi connectivity index (χ0v) is 12.9. The summed E-state index contributed by atoms with van der Waals surface area (Å²) < 4.78 is 33.0. The van der Waals surface area contributed by atoms with Crippen molar-refractivity contribution >= 4 is 10.0 Å². The van der Waals surface area contributed by atoms with Crippen LogP contribution >= 0.6 is 0 Å². The monoisotopic (exact) mass is 306 g/mol. The molecule has 0 radical (unpaired) electrons. The van der Waals surface area contributed by atoms with E-state index in [2.05, 4.69) is 15.9 Å². The quantitative estimate of drug-likeness (QED) is 0.946. The van der Waals surface area contributed by atoms with Crippen molar-refractivity contribution in [3.8, 4) is 0 Å². The molecule has 3 rings (SSSR count). The zero-order chi connectivity index (χ0) is 15.0. The lowest BCUT2D eigenvalue weighted by molar-refractivity contribution is 0.390. The Hall–Kier alpha value is -1.66. The van der Waals surface area contributed by atoms with Gasteiger partial charge in [-0.1, -0.05) is 29.4 Å². The minimum Gasteiger partial charge on any atom is -0.360 e. The molecule has 0 fully saturated rings. The molecule has 1 aliphatic rings. The van der Waals surface area contributed by atoms with E-state index in [0.717, 1.165) is 24.8 Å². The highest BCUT2D eigenvalue weighted by atomic mass is 32.2. The van der Waals surface area contributed by atoms with Gasteiger partial charge in [0.25, 0.3) is 0 Å². The summed E-state index contributed by atoms with van der Waals surface area (Å²) in [5.41, 5.74) is 2.68. The first-order valence-corrected chi connectivity index (χ1v) is 8.50. The normalized spacial score (nSPS) is 18.5. The van der Waals surface area contributed by atoms with Gasteiger partial charge in [0.2, 0.25) is 10.0 Å². The van der Waals surface area contributed by atoms with E-state index in [1.54, 1.807) is 13.8 Å². The van der Waals surface area contributed by atoms with Gasteiger partial charge in [-0.3, -0.25) is 0 Å². The van der Waals surface area contributed by atoms with E-state index in [1.807, 2.05) is 18.2 Å². The van der Waals surface area contributed by atoms with Gasteiger partial charge in [0, 0.05) is 6.04 Å². The second-order valence-corrected chi connectivity index (χ2v) is 7.07. The number of fused-ring (bicyclic) bond motifs is 1. The third-order valence-corrected chi connectivity index (χ3v) is 5.62. The summed E-state index contributed by atoms with van der Waals surface area (Å²) in [5, 5.41) is 3.73. The van der Waals surface area contributed by atoms with E-state index < -0.39 is 10.0 Å². The maximum absolute atomic E-state index is 12.6. The van der Waals surface area contributed by atoms with Crippen LogP contribution in [-0.2, 0) is 16.4 Å². The average Bonchev–Trinajstić information content (AvgIpc) is 2.79. The van der Waals surface area contributed by atoms with Crippen LogP contribution in [-0.4, -0.2) is 13.6 Å². The van der Waals surface area contributed by atoms with Crippen LogP contribution in [0.1, 0.15) is 41.5 Å². The molecular formula is C15H18N2O3S. The molecule has 5 nitrogen and oxygen atoms in total. The summed E-state index contributed by atoms with van der Waals surface area (Å²) in [6.07, 6.45) is 2.78. The number of hydrogen-bond donors (Lipinski definition) is 1. The van der Waals surface area contributed by atoms with Gasteiger partial charge in [0.1, 0.15) is 10.6 Å². The predicted molar refractivity (Wildman–Crippen MR) is 78.4 cm³/mol. The lowest BCUT2D eigenvalue weighted by Gasteiger charge is -2.26. The van der Waals surface area contributed by atoms with E-state index in [9.17, 15) is 8.42 Å². The summed E-state index contributed by atoms with van der Waals surface area (Å²) in [7, 11) is -3.63. The molecule has 0 unspecified atom stereocenters. The fraction of sp³-hybridized carbons (Fsp3) is 0.400. The summed E-state index contributed by atoms with van der Waals surface area (Å²) in [5.74, 6) is 0.323. The fourth-order valence-electron chi connectivity index (χ4n) is 2.98. The Morgan fingerprint density at radius 3 is 2.76 bits per heavy atom. The van der Waals surface area contributed by atoms with Crippen molar-refractivity contribution in [1.29, 1.82) is 0 Å². The summed E-state index contributed by atoms with van der Waals surface area (Å²) in [6.45, 7) is 3.25. The molecule has 0 saturated heterocycles. The van der Waals surface area contributed by atoms with Gasteiger partial charge in [-0.05, 0) is 44.2 Å². The second kappa shape index (κ2) is 5.27. The van der Waals surface area contributed by atoms with Crippen molar-refractivity contribution in [3.63, 3.8) is 0 Å². The van der Waals surface area contributed by atoms with Gasteiger partial charge in [-0.2, -0.15) is 0 Å². The molecule has 6 heteroatoms. The Kier molecular flexibility index (Phi) is 3.59. The average molecular weight is 306 g/mol. The molecule has 1 aliphatic carbocycles. The summed E-state index contributed by atoms with van der Waals surface area (Å²) in [4.78, 5) is 0.158. The van der Waals surface area contributed by atoms with Crippen molar-refractivity contribution in [2.24, 2.45) is 0 Å². The molecule has 0 saturated carbocycles. The highest BCUT2D eigenvalue weighted by Gasteiger charge is 2.29. The first-order valence-electron chi connectivity index (χ1n) is 7.02. The van der Waals surface area contributed by atoms with Crippen LogP contribution in [0.15, 0.2) is 33.7 Å². The maximum atomic E-state index is 12.6. The Morgan fingerprint density at radius 1 is 1.29 bits per heavy atom. The summed E-state index contributed by atoms with van der Waals surface area (Å²) >= 11 is 0. The maximum Gasteiger partial charge on any atom is 0.246 e. The highest BCUT2D eigenvalue weighted by molar-refractivity contribution is 7.89. The van der Waals surface area contributed by atoms with Crippen LogP contribution in [0.4, 0.5) is 0 Å². The van der Waals surface area contributed by atoms with Gasteiger partial charge in [0.15, 0.2) is 5.76 Å². The molecule has 0 bridgehead atoms. The second-order valence-electron chi connectivity index (χ2n) is 5.42. The van der Waals surface area contributed by atoms with Gasteiger partial charge in [-0.15, -0.1) is 0 Å². The third-order valence-electron chi connectivity index (χ3n) is 3.90. The highest BCUT2D eigenvalue weighted by Crippen LogP contribution is 2.31. The van der Waals surface area contributed by atoms with Gasteiger partial charge in [0.05, 0.1) is 0 Å². The molecular weight excluding hydrogens is 288 g/mol. The van der Waals surface area contributed by atoms with Gasteiger partial charge < -0.3 is 4.52 Å². The number of nitrogens with zero attached hydrogens (tertiary/aromatic N) is 1. The molecule has 1 atom stereocenters. The lowest BCUT2D eigenvalue weighted by Crippen LogP contribution is -2.31. The number of nitrogens with one attached hydrogen (secondary N) is 1. The molecule has 1 heterocycles. The zero-order valence-electron chi connectivity index (χ0n) is 12.1. The first kappa shape index (κ1) is 14.3. The minimum atomic E-state index is -3.63. The summed E-state index contributed by atoms with van der Waals surface area (Å²) in [6, 6.07) is 7.81. The van der Waals surface area contributed by atoms with Crippen molar-refractivity contribution < 1.29 is 12.9 Å². The molecule has 0 aliphatic heterocycles. The number of sulfonamides is 1. The Balaban J connectivity index is 1.94. The largest absolute Gasteiger partial charge is 0.360 e. The molecule has 1 N–H and O–H groups in total. The van der Waals surface area contributed by atoms with Crippen LogP contribution < -0.4 is 4.72 Å². The molecule has 2 aromatic rings. The lowest BCUT2D eigenvalue weighted by atomic mass is 9.88. The Morgan fingerprint density at radius 2 is 2.05 bits per heavy atom. The number of aryl methyl sites for hydroxylation is 3. The standard InChI is InChI=1S/C15H18N2O3S/c1-10-15(11(2)20-16-10)21(18,19)17-14-9-5-7-12-6-3-4-8-13(12)14/h3-4,6,8,14,17H,5,7,9H2,1-2H3/t14-/m1/s1. The van der Waals surface area contributed by atoms with E-state index in [1.165, 1.54) is 5.56 Å².